The average Bonchev–Trinajstić information content (AvgIpc) is 3.39. The van der Waals surface area contributed by atoms with Crippen molar-refractivity contribution < 1.29 is 0 Å². The van der Waals surface area contributed by atoms with E-state index < -0.39 is 0 Å². The standard InChI is InChI=1S/C33H23N/c1-2-34-31-19-11-8-16-27(31)28-22-24(20-21-32(28)34)33(23-12-4-3-5-13-23)29-17-9-6-14-25(29)26-15-7-10-18-30(26)33/h2-22H,1H2. The molecule has 1 aliphatic carbocycles. The Morgan fingerprint density at radius 2 is 1.12 bits per heavy atom. The number of hydrogen-bond donors (Lipinski definition) is 0. The van der Waals surface area contributed by atoms with Crippen LogP contribution in [0.2, 0.25) is 0 Å². The summed E-state index contributed by atoms with van der Waals surface area (Å²) in [4.78, 5) is 0. The lowest BCUT2D eigenvalue weighted by atomic mass is 9.67. The maximum absolute atomic E-state index is 4.09. The molecule has 0 bridgehead atoms. The molecule has 1 aliphatic rings. The molecule has 0 aliphatic heterocycles. The Kier molecular flexibility index (Phi) is 3.98. The monoisotopic (exact) mass is 433 g/mol. The number of hydrogen-bond acceptors (Lipinski definition) is 0. The van der Waals surface area contributed by atoms with Gasteiger partial charge in [-0.25, -0.2) is 0 Å². The van der Waals surface area contributed by atoms with Crippen LogP contribution < -0.4 is 0 Å². The third kappa shape index (κ3) is 2.34. The Bertz CT molecular complexity index is 1670. The van der Waals surface area contributed by atoms with Gasteiger partial charge in [0.1, 0.15) is 0 Å². The molecular formula is C33H23N. The van der Waals surface area contributed by atoms with Gasteiger partial charge < -0.3 is 4.57 Å². The van der Waals surface area contributed by atoms with Crippen LogP contribution in [0.25, 0.3) is 39.1 Å². The van der Waals surface area contributed by atoms with Gasteiger partial charge in [0.15, 0.2) is 0 Å². The van der Waals surface area contributed by atoms with Crippen molar-refractivity contribution in [1.82, 2.24) is 4.57 Å². The van der Waals surface area contributed by atoms with Crippen LogP contribution in [0, 0.1) is 0 Å². The average molecular weight is 434 g/mol. The van der Waals surface area contributed by atoms with Gasteiger partial charge in [-0.15, -0.1) is 0 Å². The highest BCUT2D eigenvalue weighted by Gasteiger charge is 2.45. The number of fused-ring (bicyclic) bond motifs is 6. The predicted octanol–water partition coefficient (Wildman–Crippen LogP) is 8.26. The number of nitrogens with zero attached hydrogens (tertiary/aromatic N) is 1. The minimum Gasteiger partial charge on any atom is -0.317 e. The summed E-state index contributed by atoms with van der Waals surface area (Å²) in [5, 5.41) is 2.51. The highest BCUT2D eigenvalue weighted by atomic mass is 14.9. The molecule has 0 radical (unpaired) electrons. The molecule has 0 saturated heterocycles. The quantitative estimate of drug-likeness (QED) is 0.264. The summed E-state index contributed by atoms with van der Waals surface area (Å²) >= 11 is 0. The fraction of sp³-hybridized carbons (Fsp3) is 0.0303. The molecule has 1 nitrogen and oxygen atoms in total. The van der Waals surface area contributed by atoms with Crippen LogP contribution in [0.1, 0.15) is 22.3 Å². The Morgan fingerprint density at radius 3 is 1.82 bits per heavy atom. The van der Waals surface area contributed by atoms with Crippen LogP contribution in [0.4, 0.5) is 0 Å². The molecular weight excluding hydrogens is 410 g/mol. The first-order valence-electron chi connectivity index (χ1n) is 11.7. The molecule has 0 N–H and O–H groups in total. The summed E-state index contributed by atoms with van der Waals surface area (Å²) in [6, 6.07) is 44.3. The number of aromatic nitrogens is 1. The minimum absolute atomic E-state index is 0.375. The van der Waals surface area contributed by atoms with Crippen LogP contribution in [0.15, 0.2) is 128 Å². The third-order valence-corrected chi connectivity index (χ3v) is 7.48. The molecule has 0 saturated carbocycles. The lowest BCUT2D eigenvalue weighted by Crippen LogP contribution is -2.28. The normalized spacial score (nSPS) is 13.6. The van der Waals surface area contributed by atoms with Crippen LogP contribution in [-0.2, 0) is 5.41 Å². The molecule has 5 aromatic carbocycles. The summed E-state index contributed by atoms with van der Waals surface area (Å²) < 4.78 is 2.19. The largest absolute Gasteiger partial charge is 0.317 e. The predicted molar refractivity (Wildman–Crippen MR) is 143 cm³/mol. The fourth-order valence-electron chi connectivity index (χ4n) is 6.14. The summed E-state index contributed by atoms with van der Waals surface area (Å²) in [6.45, 7) is 4.09. The zero-order chi connectivity index (χ0) is 22.7. The molecule has 7 rings (SSSR count). The van der Waals surface area contributed by atoms with Crippen LogP contribution >= 0.6 is 0 Å². The van der Waals surface area contributed by atoms with Gasteiger partial charge >= 0.3 is 0 Å². The van der Waals surface area contributed by atoms with Crippen molar-refractivity contribution >= 4 is 28.0 Å². The van der Waals surface area contributed by atoms with E-state index in [2.05, 4.69) is 132 Å². The van der Waals surface area contributed by atoms with Gasteiger partial charge in [0.05, 0.1) is 16.4 Å². The second kappa shape index (κ2) is 7.07. The Morgan fingerprint density at radius 1 is 0.529 bits per heavy atom. The van der Waals surface area contributed by atoms with Gasteiger partial charge in [0.25, 0.3) is 0 Å². The van der Waals surface area contributed by atoms with Gasteiger partial charge in [-0.3, -0.25) is 0 Å². The van der Waals surface area contributed by atoms with E-state index in [-0.39, 0.29) is 5.41 Å². The van der Waals surface area contributed by atoms with E-state index in [0.717, 1.165) is 0 Å². The van der Waals surface area contributed by atoms with Gasteiger partial charge in [-0.2, -0.15) is 0 Å². The van der Waals surface area contributed by atoms with Gasteiger partial charge in [-0.05, 0) is 51.6 Å². The molecule has 0 fully saturated rings. The molecule has 0 unspecified atom stereocenters. The second-order valence-corrected chi connectivity index (χ2v) is 9.01. The molecule has 34 heavy (non-hydrogen) atoms. The van der Waals surface area contributed by atoms with Crippen molar-refractivity contribution in [3.63, 3.8) is 0 Å². The van der Waals surface area contributed by atoms with E-state index in [9.17, 15) is 0 Å². The molecule has 0 spiro atoms. The van der Waals surface area contributed by atoms with Crippen molar-refractivity contribution in [2.75, 3.05) is 0 Å². The first-order valence-corrected chi connectivity index (χ1v) is 11.7. The van der Waals surface area contributed by atoms with Gasteiger partial charge in [0.2, 0.25) is 0 Å². The molecule has 1 heterocycles. The Balaban J connectivity index is 1.66. The lowest BCUT2D eigenvalue weighted by Gasteiger charge is -2.34. The van der Waals surface area contributed by atoms with Crippen molar-refractivity contribution in [3.8, 4) is 11.1 Å². The maximum atomic E-state index is 4.09. The highest BCUT2D eigenvalue weighted by Crippen LogP contribution is 2.56. The van der Waals surface area contributed by atoms with Crippen LogP contribution in [-0.4, -0.2) is 4.57 Å². The molecule has 0 atom stereocenters. The van der Waals surface area contributed by atoms with Crippen molar-refractivity contribution in [2.45, 2.75) is 5.41 Å². The van der Waals surface area contributed by atoms with Gasteiger partial charge in [0, 0.05) is 17.0 Å². The lowest BCUT2D eigenvalue weighted by molar-refractivity contribution is 0.770. The van der Waals surface area contributed by atoms with Crippen molar-refractivity contribution in [1.29, 1.82) is 0 Å². The summed E-state index contributed by atoms with van der Waals surface area (Å²) in [5.74, 6) is 0. The first kappa shape index (κ1) is 19.1. The zero-order valence-electron chi connectivity index (χ0n) is 18.8. The minimum atomic E-state index is -0.375. The van der Waals surface area contributed by atoms with Crippen LogP contribution in [0.3, 0.4) is 0 Å². The molecule has 0 amide bonds. The summed E-state index contributed by atoms with van der Waals surface area (Å²) in [5.41, 5.74) is 9.89. The first-order chi connectivity index (χ1) is 16.8. The zero-order valence-corrected chi connectivity index (χ0v) is 18.8. The van der Waals surface area contributed by atoms with E-state index in [1.807, 2.05) is 6.20 Å². The second-order valence-electron chi connectivity index (χ2n) is 9.01. The molecule has 6 aromatic rings. The third-order valence-electron chi connectivity index (χ3n) is 7.48. The van der Waals surface area contributed by atoms with Crippen molar-refractivity contribution in [2.24, 2.45) is 0 Å². The van der Waals surface area contributed by atoms with Crippen LogP contribution in [0.5, 0.6) is 0 Å². The Hall–Kier alpha value is -4.36. The number of para-hydroxylation sites is 1. The maximum Gasteiger partial charge on any atom is 0.0713 e. The highest BCUT2D eigenvalue weighted by molar-refractivity contribution is 6.09. The SMILES string of the molecule is C=Cn1c2ccccc2c2cc(C3(c4ccccc4)c4ccccc4-c4ccccc43)ccc21. The topological polar surface area (TPSA) is 4.93 Å². The van der Waals surface area contributed by atoms with E-state index in [0.29, 0.717) is 0 Å². The summed E-state index contributed by atoms with van der Waals surface area (Å²) in [7, 11) is 0. The van der Waals surface area contributed by atoms with Gasteiger partial charge in [-0.1, -0.05) is 110 Å². The Labute approximate surface area is 199 Å². The smallest absolute Gasteiger partial charge is 0.0713 e. The fourth-order valence-corrected chi connectivity index (χ4v) is 6.14. The van der Waals surface area contributed by atoms with E-state index in [1.54, 1.807) is 0 Å². The molecule has 1 heteroatoms. The van der Waals surface area contributed by atoms with E-state index in [4.69, 9.17) is 0 Å². The van der Waals surface area contributed by atoms with E-state index in [1.165, 1.54) is 55.2 Å². The van der Waals surface area contributed by atoms with Crippen molar-refractivity contribution in [3.05, 3.63) is 150 Å². The molecule has 160 valence electrons. The molecule has 1 aromatic heterocycles. The number of rotatable bonds is 3. The summed E-state index contributed by atoms with van der Waals surface area (Å²) in [6.07, 6.45) is 1.91. The number of benzene rings is 5. The van der Waals surface area contributed by atoms with E-state index >= 15 is 0 Å².